The molecule has 0 bridgehead atoms. The van der Waals surface area contributed by atoms with Crippen molar-refractivity contribution in [2.24, 2.45) is 0 Å². The highest BCUT2D eigenvalue weighted by Gasteiger charge is 2.16. The van der Waals surface area contributed by atoms with Gasteiger partial charge in [0.2, 0.25) is 0 Å². The monoisotopic (exact) mass is 331 g/mol. The minimum Gasteiger partial charge on any atom is -0.335 e. The van der Waals surface area contributed by atoms with Crippen molar-refractivity contribution in [3.63, 3.8) is 0 Å². The Kier molecular flexibility index (Phi) is 4.96. The average Bonchev–Trinajstić information content (AvgIpc) is 2.47. The van der Waals surface area contributed by atoms with Crippen LogP contribution in [0.3, 0.4) is 0 Å². The smallest absolute Gasteiger partial charge is 0.254 e. The van der Waals surface area contributed by atoms with E-state index in [0.717, 1.165) is 21.2 Å². The van der Waals surface area contributed by atoms with Gasteiger partial charge in [-0.2, -0.15) is 0 Å². The first kappa shape index (κ1) is 14.8. The molecule has 0 fully saturated rings. The second-order valence-electron chi connectivity index (χ2n) is 4.76. The van der Waals surface area contributed by atoms with Gasteiger partial charge in [-0.1, -0.05) is 52.3 Å². The minimum atomic E-state index is 0.0788. The largest absolute Gasteiger partial charge is 0.335 e. The number of aryl methyl sites for hydroxylation is 1. The van der Waals surface area contributed by atoms with E-state index in [1.807, 2.05) is 67.3 Å². The number of nitrogens with zero attached hydrogens (tertiary/aromatic N) is 1. The molecule has 0 aliphatic carbocycles. The van der Waals surface area contributed by atoms with Gasteiger partial charge >= 0.3 is 0 Å². The maximum Gasteiger partial charge on any atom is 0.254 e. The summed E-state index contributed by atoms with van der Waals surface area (Å²) in [5, 5.41) is 0. The molecule has 0 aromatic heterocycles. The summed E-state index contributed by atoms with van der Waals surface area (Å²) in [5.41, 5.74) is 2.91. The molecule has 0 heterocycles. The summed E-state index contributed by atoms with van der Waals surface area (Å²) in [7, 11) is 0. The highest BCUT2D eigenvalue weighted by molar-refractivity contribution is 9.10. The molecule has 0 saturated heterocycles. The van der Waals surface area contributed by atoms with Crippen LogP contribution >= 0.6 is 15.9 Å². The fourth-order valence-electron chi connectivity index (χ4n) is 2.13. The van der Waals surface area contributed by atoms with Crippen molar-refractivity contribution >= 4 is 21.8 Å². The zero-order valence-corrected chi connectivity index (χ0v) is 13.4. The molecule has 0 N–H and O–H groups in total. The summed E-state index contributed by atoms with van der Waals surface area (Å²) in [6.07, 6.45) is 0. The van der Waals surface area contributed by atoms with Gasteiger partial charge in [0.15, 0.2) is 0 Å². The predicted octanol–water partition coefficient (Wildman–Crippen LogP) is 4.42. The Morgan fingerprint density at radius 3 is 2.50 bits per heavy atom. The predicted molar refractivity (Wildman–Crippen MR) is 85.7 cm³/mol. The van der Waals surface area contributed by atoms with Gasteiger partial charge in [0.05, 0.1) is 0 Å². The molecular weight excluding hydrogens is 314 g/mol. The Morgan fingerprint density at radius 1 is 1.15 bits per heavy atom. The third kappa shape index (κ3) is 3.48. The van der Waals surface area contributed by atoms with E-state index in [1.165, 1.54) is 0 Å². The van der Waals surface area contributed by atoms with Crippen LogP contribution in [0.15, 0.2) is 53.0 Å². The lowest BCUT2D eigenvalue weighted by atomic mass is 10.1. The second-order valence-corrected chi connectivity index (χ2v) is 5.68. The van der Waals surface area contributed by atoms with Crippen LogP contribution in [0.25, 0.3) is 0 Å². The molecule has 0 aliphatic heterocycles. The van der Waals surface area contributed by atoms with Crippen molar-refractivity contribution < 1.29 is 4.79 Å². The van der Waals surface area contributed by atoms with Crippen molar-refractivity contribution in [1.29, 1.82) is 0 Å². The lowest BCUT2D eigenvalue weighted by Crippen LogP contribution is -2.30. The number of benzene rings is 2. The van der Waals surface area contributed by atoms with Gasteiger partial charge in [-0.3, -0.25) is 4.79 Å². The SMILES string of the molecule is CCN(Cc1ccccc1)C(=O)c1cc(Br)ccc1C. The van der Waals surface area contributed by atoms with Gasteiger partial charge in [-0.05, 0) is 37.1 Å². The van der Waals surface area contributed by atoms with Crippen molar-refractivity contribution in [1.82, 2.24) is 4.90 Å². The van der Waals surface area contributed by atoms with Crippen LogP contribution < -0.4 is 0 Å². The van der Waals surface area contributed by atoms with Gasteiger partial charge in [0.25, 0.3) is 5.91 Å². The third-order valence-corrected chi connectivity index (χ3v) is 3.81. The molecule has 20 heavy (non-hydrogen) atoms. The van der Waals surface area contributed by atoms with Crippen LogP contribution in [-0.2, 0) is 6.54 Å². The minimum absolute atomic E-state index is 0.0788. The molecule has 0 unspecified atom stereocenters. The number of hydrogen-bond donors (Lipinski definition) is 0. The van der Waals surface area contributed by atoms with Gasteiger partial charge in [0.1, 0.15) is 0 Å². The standard InChI is InChI=1S/C17H18BrNO/c1-3-19(12-14-7-5-4-6-8-14)17(20)16-11-15(18)10-9-13(16)2/h4-11H,3,12H2,1-2H3. The zero-order chi connectivity index (χ0) is 14.5. The third-order valence-electron chi connectivity index (χ3n) is 3.32. The molecule has 0 atom stereocenters. The van der Waals surface area contributed by atoms with Crippen LogP contribution in [-0.4, -0.2) is 17.4 Å². The number of carbonyl (C=O) groups excluding carboxylic acids is 1. The molecular formula is C17H18BrNO. The van der Waals surface area contributed by atoms with Crippen LogP contribution in [0.1, 0.15) is 28.4 Å². The van der Waals surface area contributed by atoms with Crippen molar-refractivity contribution in [2.75, 3.05) is 6.54 Å². The summed E-state index contributed by atoms with van der Waals surface area (Å²) in [6.45, 7) is 5.31. The summed E-state index contributed by atoms with van der Waals surface area (Å²) < 4.78 is 0.933. The molecule has 0 saturated carbocycles. The maximum atomic E-state index is 12.7. The van der Waals surface area contributed by atoms with E-state index in [0.29, 0.717) is 13.1 Å². The summed E-state index contributed by atoms with van der Waals surface area (Å²) in [4.78, 5) is 14.5. The Labute approximate surface area is 128 Å². The van der Waals surface area contributed by atoms with E-state index in [2.05, 4.69) is 15.9 Å². The van der Waals surface area contributed by atoms with Gasteiger partial charge in [0, 0.05) is 23.1 Å². The summed E-state index contributed by atoms with van der Waals surface area (Å²) in [6, 6.07) is 15.9. The first-order chi connectivity index (χ1) is 9.61. The first-order valence-electron chi connectivity index (χ1n) is 6.71. The molecule has 0 radical (unpaired) electrons. The Balaban J connectivity index is 2.23. The van der Waals surface area contributed by atoms with Crippen LogP contribution in [0.5, 0.6) is 0 Å². The molecule has 2 aromatic carbocycles. The van der Waals surface area contributed by atoms with Crippen molar-refractivity contribution in [2.45, 2.75) is 20.4 Å². The van der Waals surface area contributed by atoms with Crippen molar-refractivity contribution in [3.05, 3.63) is 69.7 Å². The first-order valence-corrected chi connectivity index (χ1v) is 7.50. The number of carbonyl (C=O) groups is 1. The zero-order valence-electron chi connectivity index (χ0n) is 11.8. The fraction of sp³-hybridized carbons (Fsp3) is 0.235. The van der Waals surface area contributed by atoms with Gasteiger partial charge in [-0.15, -0.1) is 0 Å². The average molecular weight is 332 g/mol. The molecule has 2 nitrogen and oxygen atoms in total. The molecule has 1 amide bonds. The van der Waals surface area contributed by atoms with E-state index in [4.69, 9.17) is 0 Å². The van der Waals surface area contributed by atoms with E-state index < -0.39 is 0 Å². The number of halogens is 1. The van der Waals surface area contributed by atoms with Crippen LogP contribution in [0.2, 0.25) is 0 Å². The lowest BCUT2D eigenvalue weighted by molar-refractivity contribution is 0.0752. The van der Waals surface area contributed by atoms with E-state index in [9.17, 15) is 4.79 Å². The maximum absolute atomic E-state index is 12.7. The Hall–Kier alpha value is -1.61. The second kappa shape index (κ2) is 6.71. The quantitative estimate of drug-likeness (QED) is 0.812. The summed E-state index contributed by atoms with van der Waals surface area (Å²) >= 11 is 3.43. The van der Waals surface area contributed by atoms with E-state index in [-0.39, 0.29) is 5.91 Å². The molecule has 2 aromatic rings. The molecule has 0 spiro atoms. The van der Waals surface area contributed by atoms with Gasteiger partial charge < -0.3 is 4.90 Å². The highest BCUT2D eigenvalue weighted by Crippen LogP contribution is 2.18. The van der Waals surface area contributed by atoms with Gasteiger partial charge in [-0.25, -0.2) is 0 Å². The molecule has 0 aliphatic rings. The van der Waals surface area contributed by atoms with Crippen molar-refractivity contribution in [3.8, 4) is 0 Å². The number of rotatable bonds is 4. The molecule has 3 heteroatoms. The van der Waals surface area contributed by atoms with Crippen LogP contribution in [0.4, 0.5) is 0 Å². The summed E-state index contributed by atoms with van der Waals surface area (Å²) in [5.74, 6) is 0.0788. The highest BCUT2D eigenvalue weighted by atomic mass is 79.9. The van der Waals surface area contributed by atoms with Crippen LogP contribution in [0, 0.1) is 6.92 Å². The number of amides is 1. The molecule has 104 valence electrons. The lowest BCUT2D eigenvalue weighted by Gasteiger charge is -2.22. The van der Waals surface area contributed by atoms with E-state index in [1.54, 1.807) is 0 Å². The fourth-order valence-corrected chi connectivity index (χ4v) is 2.49. The topological polar surface area (TPSA) is 20.3 Å². The van der Waals surface area contributed by atoms with E-state index >= 15 is 0 Å². The Bertz CT molecular complexity index is 595. The molecule has 2 rings (SSSR count). The number of hydrogen-bond acceptors (Lipinski definition) is 1. The Morgan fingerprint density at radius 2 is 1.85 bits per heavy atom. The normalized spacial score (nSPS) is 10.3.